The molecule has 81 valence electrons. The maximum absolute atomic E-state index is 3.93. The molecule has 0 unspecified atom stereocenters. The van der Waals surface area contributed by atoms with Crippen molar-refractivity contribution in [2.75, 3.05) is 37.6 Å². The molecule has 1 aliphatic heterocycles. The van der Waals surface area contributed by atoms with Crippen molar-refractivity contribution in [3.8, 4) is 0 Å². The van der Waals surface area contributed by atoms with E-state index >= 15 is 0 Å². The van der Waals surface area contributed by atoms with Gasteiger partial charge in [0.05, 0.1) is 0 Å². The van der Waals surface area contributed by atoms with Gasteiger partial charge in [0.15, 0.2) is 0 Å². The molecule has 0 saturated carbocycles. The van der Waals surface area contributed by atoms with Crippen LogP contribution in [-0.4, -0.2) is 37.6 Å². The summed E-state index contributed by atoms with van der Waals surface area (Å²) < 4.78 is 0. The molecule has 0 amide bonds. The van der Waals surface area contributed by atoms with Crippen LogP contribution in [-0.2, 0) is 0 Å². The molecule has 1 heterocycles. The van der Waals surface area contributed by atoms with Crippen LogP contribution in [0.1, 0.15) is 5.56 Å². The molecule has 1 aliphatic rings. The second kappa shape index (κ2) is 4.67. The number of benzene rings is 1. The standard InChI is InChI=1S/C13H19N2/c1-3-14-8-10-15(11-9-14)13-7-5-4-6-12(13)2/h4-7H,1,3,8-11H2,2H3. The van der Waals surface area contributed by atoms with Crippen molar-refractivity contribution >= 4 is 5.69 Å². The Balaban J connectivity index is 2.04. The minimum absolute atomic E-state index is 0.932. The van der Waals surface area contributed by atoms with Gasteiger partial charge >= 0.3 is 0 Å². The van der Waals surface area contributed by atoms with Gasteiger partial charge in [-0.05, 0) is 32.0 Å². The monoisotopic (exact) mass is 203 g/mol. The summed E-state index contributed by atoms with van der Waals surface area (Å²) in [7, 11) is 0. The Morgan fingerprint density at radius 3 is 2.40 bits per heavy atom. The van der Waals surface area contributed by atoms with Crippen LogP contribution < -0.4 is 4.90 Å². The molecule has 15 heavy (non-hydrogen) atoms. The number of aryl methyl sites for hydroxylation is 1. The average Bonchev–Trinajstić information content (AvgIpc) is 2.30. The molecule has 1 aromatic rings. The van der Waals surface area contributed by atoms with Gasteiger partial charge in [-0.1, -0.05) is 18.2 Å². The summed E-state index contributed by atoms with van der Waals surface area (Å²) in [6.07, 6.45) is 0. The van der Waals surface area contributed by atoms with E-state index in [1.54, 1.807) is 0 Å². The summed E-state index contributed by atoms with van der Waals surface area (Å²) in [4.78, 5) is 4.87. The van der Waals surface area contributed by atoms with Crippen molar-refractivity contribution in [3.05, 3.63) is 36.8 Å². The lowest BCUT2D eigenvalue weighted by molar-refractivity contribution is 0.283. The molecule has 1 saturated heterocycles. The molecule has 0 N–H and O–H groups in total. The molecule has 0 spiro atoms. The van der Waals surface area contributed by atoms with Crippen LogP contribution in [0.2, 0.25) is 0 Å². The van der Waals surface area contributed by atoms with Crippen LogP contribution in [0.4, 0.5) is 5.69 Å². The zero-order valence-corrected chi connectivity index (χ0v) is 9.45. The third-order valence-corrected chi connectivity index (χ3v) is 3.14. The number of nitrogens with zero attached hydrogens (tertiary/aromatic N) is 2. The third kappa shape index (κ3) is 2.32. The highest BCUT2D eigenvalue weighted by atomic mass is 15.3. The second-order valence-corrected chi connectivity index (χ2v) is 4.12. The lowest BCUT2D eigenvalue weighted by Crippen LogP contribution is -2.46. The molecule has 2 heteroatoms. The molecular weight excluding hydrogens is 184 g/mol. The molecule has 0 aliphatic carbocycles. The van der Waals surface area contributed by atoms with Gasteiger partial charge in [-0.25, -0.2) is 0 Å². The largest absolute Gasteiger partial charge is 0.369 e. The Bertz CT molecular complexity index is 314. The van der Waals surface area contributed by atoms with E-state index in [0.29, 0.717) is 0 Å². The van der Waals surface area contributed by atoms with Gasteiger partial charge in [-0.3, -0.25) is 4.90 Å². The van der Waals surface area contributed by atoms with Gasteiger partial charge in [-0.2, -0.15) is 0 Å². The van der Waals surface area contributed by atoms with E-state index in [0.717, 1.165) is 32.7 Å². The van der Waals surface area contributed by atoms with Gasteiger partial charge in [0, 0.05) is 31.9 Å². The number of hydrogen-bond donors (Lipinski definition) is 0. The maximum Gasteiger partial charge on any atom is 0.0396 e. The van der Waals surface area contributed by atoms with E-state index in [4.69, 9.17) is 0 Å². The Labute approximate surface area is 92.5 Å². The quantitative estimate of drug-likeness (QED) is 0.725. The molecule has 1 radical (unpaired) electrons. The molecule has 0 atom stereocenters. The molecule has 2 nitrogen and oxygen atoms in total. The number of anilines is 1. The van der Waals surface area contributed by atoms with Crippen molar-refractivity contribution in [1.29, 1.82) is 0 Å². The fraction of sp³-hybridized carbons (Fsp3) is 0.462. The number of para-hydroxylation sites is 1. The number of rotatable bonds is 2. The molecule has 0 aromatic heterocycles. The first-order chi connectivity index (χ1) is 7.31. The average molecular weight is 203 g/mol. The summed E-state index contributed by atoms with van der Waals surface area (Å²) in [5.41, 5.74) is 2.77. The molecule has 1 aromatic carbocycles. The summed E-state index contributed by atoms with van der Waals surface area (Å²) in [6, 6.07) is 8.62. The lowest BCUT2D eigenvalue weighted by atomic mass is 10.1. The summed E-state index contributed by atoms with van der Waals surface area (Å²) in [6.45, 7) is 11.6. The SMILES string of the molecule is [CH2]CN1CCN(c2ccccc2C)CC1. The smallest absolute Gasteiger partial charge is 0.0396 e. The van der Waals surface area contributed by atoms with Crippen LogP contribution in [0.5, 0.6) is 0 Å². The first-order valence-corrected chi connectivity index (χ1v) is 5.63. The van der Waals surface area contributed by atoms with E-state index in [2.05, 4.69) is 47.9 Å². The van der Waals surface area contributed by atoms with Crippen LogP contribution in [0.3, 0.4) is 0 Å². The van der Waals surface area contributed by atoms with E-state index in [1.807, 2.05) is 0 Å². The van der Waals surface area contributed by atoms with Crippen molar-refractivity contribution < 1.29 is 0 Å². The minimum atomic E-state index is 0.932. The Hall–Kier alpha value is -1.02. The summed E-state index contributed by atoms with van der Waals surface area (Å²) >= 11 is 0. The first-order valence-electron chi connectivity index (χ1n) is 5.63. The van der Waals surface area contributed by atoms with Gasteiger partial charge < -0.3 is 4.90 Å². The highest BCUT2D eigenvalue weighted by molar-refractivity contribution is 5.53. The van der Waals surface area contributed by atoms with Crippen LogP contribution >= 0.6 is 0 Å². The van der Waals surface area contributed by atoms with Gasteiger partial charge in [0.1, 0.15) is 0 Å². The van der Waals surface area contributed by atoms with Crippen LogP contribution in [0.15, 0.2) is 24.3 Å². The lowest BCUT2D eigenvalue weighted by Gasteiger charge is -2.36. The summed E-state index contributed by atoms with van der Waals surface area (Å²) in [5, 5.41) is 0. The van der Waals surface area contributed by atoms with Crippen LogP contribution in [0, 0.1) is 13.8 Å². The fourth-order valence-corrected chi connectivity index (χ4v) is 2.13. The van der Waals surface area contributed by atoms with Gasteiger partial charge in [0.2, 0.25) is 0 Å². The molecular formula is C13H19N2. The highest BCUT2D eigenvalue weighted by Gasteiger charge is 2.16. The van der Waals surface area contributed by atoms with Crippen LogP contribution in [0.25, 0.3) is 0 Å². The van der Waals surface area contributed by atoms with E-state index < -0.39 is 0 Å². The zero-order valence-electron chi connectivity index (χ0n) is 9.45. The highest BCUT2D eigenvalue weighted by Crippen LogP contribution is 2.20. The predicted molar refractivity (Wildman–Crippen MR) is 65.2 cm³/mol. The number of hydrogen-bond acceptors (Lipinski definition) is 2. The van der Waals surface area contributed by atoms with Gasteiger partial charge in [-0.15, -0.1) is 0 Å². The molecule has 0 bridgehead atoms. The Morgan fingerprint density at radius 2 is 1.80 bits per heavy atom. The second-order valence-electron chi connectivity index (χ2n) is 4.12. The third-order valence-electron chi connectivity index (χ3n) is 3.14. The topological polar surface area (TPSA) is 6.48 Å². The molecule has 2 rings (SSSR count). The van der Waals surface area contributed by atoms with Crippen molar-refractivity contribution in [3.63, 3.8) is 0 Å². The normalized spacial score (nSPS) is 18.1. The first kappa shape index (κ1) is 10.5. The van der Waals surface area contributed by atoms with Crippen molar-refractivity contribution in [2.24, 2.45) is 0 Å². The van der Waals surface area contributed by atoms with Crippen molar-refractivity contribution in [2.45, 2.75) is 6.92 Å². The fourth-order valence-electron chi connectivity index (χ4n) is 2.13. The zero-order chi connectivity index (χ0) is 10.7. The van der Waals surface area contributed by atoms with Crippen molar-refractivity contribution in [1.82, 2.24) is 4.90 Å². The van der Waals surface area contributed by atoms with E-state index in [1.165, 1.54) is 11.3 Å². The van der Waals surface area contributed by atoms with E-state index in [-0.39, 0.29) is 0 Å². The summed E-state index contributed by atoms with van der Waals surface area (Å²) in [5.74, 6) is 0. The molecule has 1 fully saturated rings. The maximum atomic E-state index is 3.93. The van der Waals surface area contributed by atoms with E-state index in [9.17, 15) is 0 Å². The Kier molecular flexibility index (Phi) is 3.27. The Morgan fingerprint density at radius 1 is 1.13 bits per heavy atom. The predicted octanol–water partition coefficient (Wildman–Crippen LogP) is 1.95. The number of piperazine rings is 1. The minimum Gasteiger partial charge on any atom is -0.369 e. The van der Waals surface area contributed by atoms with Gasteiger partial charge in [0.25, 0.3) is 0 Å².